The van der Waals surface area contributed by atoms with Crippen LogP contribution in [0.1, 0.15) is 24.4 Å². The third-order valence-electron chi connectivity index (χ3n) is 4.43. The van der Waals surface area contributed by atoms with Gasteiger partial charge < -0.3 is 9.30 Å². The molecule has 3 aromatic carbocycles. The van der Waals surface area contributed by atoms with Crippen molar-refractivity contribution in [2.24, 2.45) is 0 Å². The van der Waals surface area contributed by atoms with E-state index in [1.54, 1.807) is 0 Å². The maximum absolute atomic E-state index is 6.20. The van der Waals surface area contributed by atoms with Crippen LogP contribution in [0.4, 0.5) is 0 Å². The molecule has 1 unspecified atom stereocenters. The number of imidazole rings is 1. The van der Waals surface area contributed by atoms with Gasteiger partial charge in [-0.25, -0.2) is 4.98 Å². The summed E-state index contributed by atoms with van der Waals surface area (Å²) in [5, 5.41) is 1.10. The Labute approximate surface area is 168 Å². The molecule has 0 N–H and O–H groups in total. The maximum Gasteiger partial charge on any atom is 0.153 e. The van der Waals surface area contributed by atoms with Gasteiger partial charge in [-0.05, 0) is 48.9 Å². The molecule has 0 saturated heterocycles. The van der Waals surface area contributed by atoms with Crippen LogP contribution in [-0.4, -0.2) is 9.55 Å². The van der Waals surface area contributed by atoms with Crippen LogP contribution in [0.3, 0.4) is 0 Å². The molecule has 0 amide bonds. The molecular weight excluding hydrogens is 379 g/mol. The first-order valence-electron chi connectivity index (χ1n) is 8.72. The van der Waals surface area contributed by atoms with Crippen LogP contribution in [0.15, 0.2) is 72.8 Å². The summed E-state index contributed by atoms with van der Waals surface area (Å²) in [6.07, 6.45) is -0.206. The van der Waals surface area contributed by atoms with Crippen LogP contribution in [0.5, 0.6) is 5.75 Å². The Kier molecular flexibility index (Phi) is 5.06. The van der Waals surface area contributed by atoms with Crippen molar-refractivity contribution in [3.63, 3.8) is 0 Å². The van der Waals surface area contributed by atoms with Gasteiger partial charge in [-0.1, -0.05) is 59.6 Å². The number of hydrogen-bond donors (Lipinski definition) is 0. The number of aromatic nitrogens is 2. The fraction of sp³-hybridized carbons (Fsp3) is 0.136. The number of ether oxygens (including phenoxy) is 1. The van der Waals surface area contributed by atoms with Crippen molar-refractivity contribution >= 4 is 34.2 Å². The minimum atomic E-state index is -0.206. The monoisotopic (exact) mass is 396 g/mol. The van der Waals surface area contributed by atoms with E-state index in [2.05, 4.69) is 10.6 Å². The summed E-state index contributed by atoms with van der Waals surface area (Å²) >= 11 is 12.3. The van der Waals surface area contributed by atoms with Crippen LogP contribution in [0.2, 0.25) is 10.0 Å². The molecule has 5 heteroatoms. The Morgan fingerprint density at radius 2 is 1.67 bits per heavy atom. The predicted molar refractivity (Wildman–Crippen MR) is 111 cm³/mol. The lowest BCUT2D eigenvalue weighted by molar-refractivity contribution is 0.212. The first-order chi connectivity index (χ1) is 13.1. The van der Waals surface area contributed by atoms with Gasteiger partial charge in [-0.15, -0.1) is 0 Å². The van der Waals surface area contributed by atoms with Gasteiger partial charge in [0.05, 0.1) is 21.1 Å². The lowest BCUT2D eigenvalue weighted by atomic mass is 10.2. The van der Waals surface area contributed by atoms with Gasteiger partial charge >= 0.3 is 0 Å². The molecule has 0 aliphatic rings. The van der Waals surface area contributed by atoms with E-state index < -0.39 is 0 Å². The van der Waals surface area contributed by atoms with E-state index in [4.69, 9.17) is 32.9 Å². The second-order valence-electron chi connectivity index (χ2n) is 6.37. The van der Waals surface area contributed by atoms with Crippen LogP contribution < -0.4 is 4.74 Å². The van der Waals surface area contributed by atoms with E-state index in [0.717, 1.165) is 28.2 Å². The standard InChI is InChI=1S/C22H18Cl2N2O/c1-15(27-17-7-3-2-4-8-17)22-25-20-9-5-6-10-21(20)26(22)14-16-11-12-18(23)19(24)13-16/h2-13,15H,14H2,1H3. The Hall–Kier alpha value is -2.49. The van der Waals surface area contributed by atoms with E-state index in [0.29, 0.717) is 16.6 Å². The first kappa shape index (κ1) is 17.9. The molecular formula is C22H18Cl2N2O. The number of para-hydroxylation sites is 3. The van der Waals surface area contributed by atoms with E-state index in [9.17, 15) is 0 Å². The molecule has 0 aliphatic heterocycles. The summed E-state index contributed by atoms with van der Waals surface area (Å²) in [5.74, 6) is 1.68. The van der Waals surface area contributed by atoms with E-state index >= 15 is 0 Å². The van der Waals surface area contributed by atoms with Crippen molar-refractivity contribution in [1.29, 1.82) is 0 Å². The zero-order valence-electron chi connectivity index (χ0n) is 14.8. The Morgan fingerprint density at radius 3 is 2.44 bits per heavy atom. The SMILES string of the molecule is CC(Oc1ccccc1)c1nc2ccccc2n1Cc1ccc(Cl)c(Cl)c1. The topological polar surface area (TPSA) is 27.1 Å². The molecule has 0 saturated carbocycles. The summed E-state index contributed by atoms with van der Waals surface area (Å²) < 4.78 is 8.29. The highest BCUT2D eigenvalue weighted by Gasteiger charge is 2.18. The number of rotatable bonds is 5. The number of halogens is 2. The molecule has 27 heavy (non-hydrogen) atoms. The molecule has 0 bridgehead atoms. The van der Waals surface area contributed by atoms with Gasteiger partial charge in [-0.2, -0.15) is 0 Å². The first-order valence-corrected chi connectivity index (χ1v) is 9.48. The number of nitrogens with zero attached hydrogens (tertiary/aromatic N) is 2. The van der Waals surface area contributed by atoms with Crippen molar-refractivity contribution < 1.29 is 4.74 Å². The summed E-state index contributed by atoms with van der Waals surface area (Å²) in [6.45, 7) is 2.65. The average molecular weight is 397 g/mol. The lowest BCUT2D eigenvalue weighted by Gasteiger charge is -2.17. The van der Waals surface area contributed by atoms with Gasteiger partial charge in [0.1, 0.15) is 5.75 Å². The fourth-order valence-corrected chi connectivity index (χ4v) is 3.47. The van der Waals surface area contributed by atoms with Crippen LogP contribution in [0, 0.1) is 0 Å². The van der Waals surface area contributed by atoms with Gasteiger partial charge in [-0.3, -0.25) is 0 Å². The Balaban J connectivity index is 1.73. The van der Waals surface area contributed by atoms with Crippen molar-refractivity contribution in [3.8, 4) is 5.75 Å². The predicted octanol–water partition coefficient (Wildman–Crippen LogP) is 6.53. The van der Waals surface area contributed by atoms with Crippen LogP contribution in [0.25, 0.3) is 11.0 Å². The third-order valence-corrected chi connectivity index (χ3v) is 5.17. The lowest BCUT2D eigenvalue weighted by Crippen LogP contribution is -2.12. The molecule has 136 valence electrons. The van der Waals surface area contributed by atoms with Crippen LogP contribution in [-0.2, 0) is 6.54 Å². The van der Waals surface area contributed by atoms with Gasteiger partial charge in [0.2, 0.25) is 0 Å². The molecule has 4 rings (SSSR count). The largest absolute Gasteiger partial charge is 0.483 e. The minimum Gasteiger partial charge on any atom is -0.483 e. The molecule has 1 heterocycles. The maximum atomic E-state index is 6.20. The van der Waals surface area contributed by atoms with Crippen molar-refractivity contribution in [3.05, 3.63) is 94.2 Å². The number of benzene rings is 3. The summed E-state index contributed by atoms with van der Waals surface area (Å²) in [7, 11) is 0. The van der Waals surface area contributed by atoms with E-state index in [-0.39, 0.29) is 6.10 Å². The van der Waals surface area contributed by atoms with Gasteiger partial charge in [0, 0.05) is 6.54 Å². The molecule has 0 fully saturated rings. The highest BCUT2D eigenvalue weighted by atomic mass is 35.5. The molecule has 4 aromatic rings. The van der Waals surface area contributed by atoms with Crippen molar-refractivity contribution in [2.75, 3.05) is 0 Å². The van der Waals surface area contributed by atoms with E-state index in [1.165, 1.54) is 0 Å². The number of hydrogen-bond acceptors (Lipinski definition) is 2. The zero-order valence-corrected chi connectivity index (χ0v) is 16.3. The van der Waals surface area contributed by atoms with Crippen molar-refractivity contribution in [1.82, 2.24) is 9.55 Å². The van der Waals surface area contributed by atoms with Gasteiger partial charge in [0.15, 0.2) is 11.9 Å². The quantitative estimate of drug-likeness (QED) is 0.383. The highest BCUT2D eigenvalue weighted by Crippen LogP contribution is 2.28. The number of fused-ring (bicyclic) bond motifs is 1. The van der Waals surface area contributed by atoms with Gasteiger partial charge in [0.25, 0.3) is 0 Å². The molecule has 0 radical (unpaired) electrons. The molecule has 0 aliphatic carbocycles. The van der Waals surface area contributed by atoms with Crippen LogP contribution >= 0.6 is 23.2 Å². The molecule has 3 nitrogen and oxygen atoms in total. The zero-order chi connectivity index (χ0) is 18.8. The minimum absolute atomic E-state index is 0.206. The van der Waals surface area contributed by atoms with Crippen molar-refractivity contribution in [2.45, 2.75) is 19.6 Å². The smallest absolute Gasteiger partial charge is 0.153 e. The Morgan fingerprint density at radius 1 is 0.926 bits per heavy atom. The molecule has 1 aromatic heterocycles. The molecule has 0 spiro atoms. The Bertz CT molecular complexity index is 1080. The second kappa shape index (κ2) is 7.63. The summed E-state index contributed by atoms with van der Waals surface area (Å²) in [5.41, 5.74) is 3.05. The molecule has 1 atom stereocenters. The normalized spacial score (nSPS) is 12.3. The summed E-state index contributed by atoms with van der Waals surface area (Å²) in [6, 6.07) is 23.6. The highest BCUT2D eigenvalue weighted by molar-refractivity contribution is 6.42. The fourth-order valence-electron chi connectivity index (χ4n) is 3.15. The average Bonchev–Trinajstić information content (AvgIpc) is 3.04. The second-order valence-corrected chi connectivity index (χ2v) is 7.18. The third kappa shape index (κ3) is 3.80. The van der Waals surface area contributed by atoms with E-state index in [1.807, 2.05) is 73.7 Å². The summed E-state index contributed by atoms with van der Waals surface area (Å²) in [4.78, 5) is 4.82.